The number of carbonyl (C=O) groups is 2. The molecule has 3 N–H and O–H groups in total. The maximum Gasteiger partial charge on any atom is 0.270 e. The molecule has 6 heterocycles. The van der Waals surface area contributed by atoms with E-state index in [-0.39, 0.29) is 48.8 Å². The van der Waals surface area contributed by atoms with Crippen molar-refractivity contribution in [3.63, 3.8) is 0 Å². The third-order valence-electron chi connectivity index (χ3n) is 13.1. The van der Waals surface area contributed by atoms with Gasteiger partial charge in [0, 0.05) is 55.0 Å². The first-order valence-corrected chi connectivity index (χ1v) is 27.2. The molecule has 10 rings (SSSR count). The molecule has 0 fully saturated rings. The predicted octanol–water partition coefficient (Wildman–Crippen LogP) is 9.63. The van der Waals surface area contributed by atoms with Gasteiger partial charge >= 0.3 is 0 Å². The minimum absolute atomic E-state index is 0.0199. The summed E-state index contributed by atoms with van der Waals surface area (Å²) in [6.45, 7) is 15.9. The van der Waals surface area contributed by atoms with Crippen LogP contribution in [-0.2, 0) is 48.2 Å². The van der Waals surface area contributed by atoms with Crippen LogP contribution < -0.4 is 29.6 Å². The van der Waals surface area contributed by atoms with Crippen molar-refractivity contribution >= 4 is 33.8 Å². The third-order valence-corrected chi connectivity index (χ3v) is 16.8. The summed E-state index contributed by atoms with van der Waals surface area (Å²) in [4.78, 5) is 36.3. The third kappa shape index (κ3) is 11.3. The summed E-state index contributed by atoms with van der Waals surface area (Å²) in [5.74, 6) is 2.20. The number of rotatable bonds is 14. The summed E-state index contributed by atoms with van der Waals surface area (Å²) in [6, 6.07) is 34.2. The molecule has 2 amide bonds. The Morgan fingerprint density at radius 1 is 0.595 bits per heavy atom. The molecule has 0 saturated heterocycles. The van der Waals surface area contributed by atoms with Crippen molar-refractivity contribution in [1.82, 2.24) is 29.2 Å². The van der Waals surface area contributed by atoms with Crippen LogP contribution in [0.2, 0.25) is 0 Å². The first-order valence-electron chi connectivity index (χ1n) is 25.0. The number of ether oxygens (including phenoxy) is 4. The molecule has 2 aromatic heterocycles. The maximum absolute atomic E-state index is 13.5. The van der Waals surface area contributed by atoms with Crippen LogP contribution in [0.1, 0.15) is 134 Å². The number of hydrogen-bond acceptors (Lipinski definition) is 11. The van der Waals surface area contributed by atoms with Crippen molar-refractivity contribution < 1.29 is 42.1 Å². The van der Waals surface area contributed by atoms with Crippen LogP contribution in [0.25, 0.3) is 22.5 Å². The second-order valence-corrected chi connectivity index (χ2v) is 24.9. The summed E-state index contributed by atoms with van der Waals surface area (Å²) in [5, 5.41) is 15.8. The molecule has 0 radical (unpaired) electrons. The fourth-order valence-electron chi connectivity index (χ4n) is 9.60. The molecular weight excluding hydrogens is 977 g/mol. The molecule has 4 aromatic carbocycles. The highest BCUT2D eigenvalue weighted by atomic mass is 32.2. The second-order valence-electron chi connectivity index (χ2n) is 20.5. The fourth-order valence-corrected chi connectivity index (χ4v) is 12.4. The molecule has 1 unspecified atom stereocenters. The Bertz CT molecular complexity index is 2880. The van der Waals surface area contributed by atoms with E-state index in [1.54, 1.807) is 6.07 Å². The second kappa shape index (κ2) is 22.1. The molecule has 0 bridgehead atoms. The Balaban J connectivity index is 0.000000182. The van der Waals surface area contributed by atoms with Crippen molar-refractivity contribution in [2.45, 2.75) is 115 Å². The summed E-state index contributed by atoms with van der Waals surface area (Å²) in [5.41, 5.74) is 9.66. The Kier molecular flexibility index (Phi) is 15.7. The highest BCUT2D eigenvalue weighted by molar-refractivity contribution is 7.84. The Labute approximate surface area is 438 Å². The number of amides is 2. The number of benzene rings is 4. The molecule has 4 aliphatic heterocycles. The van der Waals surface area contributed by atoms with Gasteiger partial charge < -0.3 is 34.7 Å². The van der Waals surface area contributed by atoms with Gasteiger partial charge in [-0.15, -0.1) is 0 Å². The molecule has 15 nitrogen and oxygen atoms in total. The van der Waals surface area contributed by atoms with Crippen molar-refractivity contribution in [2.24, 2.45) is 0 Å². The molecule has 0 spiro atoms. The normalized spacial score (nSPS) is 17.5. The van der Waals surface area contributed by atoms with Crippen LogP contribution in [0.4, 0.5) is 0 Å². The minimum atomic E-state index is -1.31. The zero-order valence-corrected chi connectivity index (χ0v) is 44.6. The molecule has 0 saturated carbocycles. The van der Waals surface area contributed by atoms with E-state index < -0.39 is 26.7 Å². The van der Waals surface area contributed by atoms with E-state index in [0.29, 0.717) is 72.7 Å². The van der Waals surface area contributed by atoms with Crippen molar-refractivity contribution in [3.05, 3.63) is 154 Å². The largest absolute Gasteiger partial charge is 0.454 e. The van der Waals surface area contributed by atoms with E-state index in [1.165, 1.54) is 0 Å². The maximum atomic E-state index is 13.5. The van der Waals surface area contributed by atoms with Gasteiger partial charge in [0.1, 0.15) is 33.4 Å². The molecule has 388 valence electrons. The first-order chi connectivity index (χ1) is 35.5. The van der Waals surface area contributed by atoms with Gasteiger partial charge in [0.05, 0.1) is 33.0 Å². The van der Waals surface area contributed by atoms with Crippen LogP contribution in [0.3, 0.4) is 0 Å². The van der Waals surface area contributed by atoms with Crippen LogP contribution in [0, 0.1) is 0 Å². The lowest BCUT2D eigenvalue weighted by atomic mass is 9.95. The smallest absolute Gasteiger partial charge is 0.270 e. The average molecular weight is 1040 g/mol. The number of hydrogen-bond donors (Lipinski definition) is 3. The zero-order chi connectivity index (χ0) is 52.3. The molecule has 6 aromatic rings. The minimum Gasteiger partial charge on any atom is -0.454 e. The van der Waals surface area contributed by atoms with Gasteiger partial charge in [-0.25, -0.2) is 27.0 Å². The van der Waals surface area contributed by atoms with Crippen molar-refractivity contribution in [3.8, 4) is 45.5 Å². The van der Waals surface area contributed by atoms with Crippen LogP contribution >= 0.6 is 0 Å². The van der Waals surface area contributed by atoms with Gasteiger partial charge in [0.25, 0.3) is 11.8 Å². The average Bonchev–Trinajstić information content (AvgIpc) is 4.22. The number of fused-ring (bicyclic) bond motifs is 4. The lowest BCUT2D eigenvalue weighted by Crippen LogP contribution is -2.36. The highest BCUT2D eigenvalue weighted by Gasteiger charge is 2.42. The van der Waals surface area contributed by atoms with Gasteiger partial charge in [0.15, 0.2) is 23.0 Å². The lowest BCUT2D eigenvalue weighted by Gasteiger charge is -2.30. The van der Waals surface area contributed by atoms with Crippen molar-refractivity contribution in [1.29, 1.82) is 0 Å². The SMILES string of the molecule is CC(C)(C)S(=O)N1Cc2cc(C(=O)NCc3ccc4c(c3)OCO4)nc(-c3ccccc3)c2[C@H]1CCO.CCC[C@@H]1c2c(cc(C(=O)NCc3ccc4c(c3)OCO4)nc2-c2ccccc2)CN1[S@](=O)C(C)(C)C. The van der Waals surface area contributed by atoms with Gasteiger partial charge in [-0.2, -0.15) is 0 Å². The monoisotopic (exact) mass is 1040 g/mol. The fraction of sp³-hybridized carbons (Fsp3) is 0.368. The topological polar surface area (TPSA) is 182 Å². The van der Waals surface area contributed by atoms with Gasteiger partial charge in [-0.3, -0.25) is 9.59 Å². The Morgan fingerprint density at radius 3 is 1.39 bits per heavy atom. The predicted molar refractivity (Wildman–Crippen MR) is 286 cm³/mol. The van der Waals surface area contributed by atoms with Gasteiger partial charge in [-0.1, -0.05) is 86.1 Å². The number of carbonyl (C=O) groups excluding carboxylic acids is 2. The Morgan fingerprint density at radius 2 is 1.00 bits per heavy atom. The lowest BCUT2D eigenvalue weighted by molar-refractivity contribution is 0.0938. The van der Waals surface area contributed by atoms with E-state index in [4.69, 9.17) is 28.9 Å². The summed E-state index contributed by atoms with van der Waals surface area (Å²) in [6.07, 6.45) is 2.24. The molecular formula is C57H64N6O9S2. The van der Waals surface area contributed by atoms with E-state index in [9.17, 15) is 23.1 Å². The molecule has 4 aliphatic rings. The van der Waals surface area contributed by atoms with Crippen molar-refractivity contribution in [2.75, 3.05) is 20.2 Å². The zero-order valence-electron chi connectivity index (χ0n) is 42.9. The highest BCUT2D eigenvalue weighted by Crippen LogP contribution is 2.46. The van der Waals surface area contributed by atoms with E-state index in [1.807, 2.05) is 149 Å². The number of aliphatic hydroxyl groups excluding tert-OH is 1. The summed E-state index contributed by atoms with van der Waals surface area (Å²) in [7, 11) is -2.51. The number of nitrogens with zero attached hydrogens (tertiary/aromatic N) is 4. The van der Waals surface area contributed by atoms with Crippen LogP contribution in [0.15, 0.2) is 109 Å². The summed E-state index contributed by atoms with van der Waals surface area (Å²) < 4.78 is 51.8. The number of pyridine rings is 2. The van der Waals surface area contributed by atoms with Gasteiger partial charge in [0.2, 0.25) is 13.6 Å². The molecule has 4 atom stereocenters. The van der Waals surface area contributed by atoms with E-state index >= 15 is 0 Å². The van der Waals surface area contributed by atoms with E-state index in [2.05, 4.69) is 21.9 Å². The molecule has 17 heteroatoms. The number of aromatic nitrogens is 2. The number of aliphatic hydroxyl groups is 1. The van der Waals surface area contributed by atoms with Crippen LogP contribution in [-0.4, -0.2) is 73.6 Å². The number of nitrogens with one attached hydrogen (secondary N) is 2. The van der Waals surface area contributed by atoms with Gasteiger partial charge in [-0.05, 0) is 113 Å². The molecule has 0 aliphatic carbocycles. The summed E-state index contributed by atoms with van der Waals surface area (Å²) >= 11 is 0. The standard InChI is InChI=1S/C29H33N3O4S.C28H31N3O5S/c1-5-9-23-26-21(17-32(23)37(34)29(2,3)4)15-22(31-27(26)20-10-7-6-8-11-20)28(33)30-16-19-12-13-24-25(14-19)36-18-35-24;1-28(2,3)37(34)31-16-20-14-21(27(33)29-15-18-9-10-23-24(13-18)36-17-35-23)30-26(19-7-5-4-6-8-19)25(20)22(31)11-12-32/h6-8,10-15,23H,5,9,16-18H2,1-4H3,(H,30,33);4-10,13-14,22,32H,11-12,15-17H2,1-3H3,(H,29,33)/t23-,37-;22-,37?/m11/s1. The molecule has 74 heavy (non-hydrogen) atoms. The first kappa shape index (κ1) is 52.4. The van der Waals surface area contributed by atoms with E-state index in [0.717, 1.165) is 63.0 Å². The Hall–Kier alpha value is -6.50. The van der Waals surface area contributed by atoms with Crippen LogP contribution in [0.5, 0.6) is 23.0 Å². The quantitative estimate of drug-likeness (QED) is 0.0945.